The lowest BCUT2D eigenvalue weighted by Crippen LogP contribution is -2.60. The number of benzene rings is 1. The second-order valence-electron chi connectivity index (χ2n) is 11.0. The van der Waals surface area contributed by atoms with Crippen LogP contribution in [-0.2, 0) is 14.3 Å². The summed E-state index contributed by atoms with van der Waals surface area (Å²) in [5.41, 5.74) is 0.400. The number of carbonyl (C=O) groups is 3. The van der Waals surface area contributed by atoms with E-state index in [9.17, 15) is 14.4 Å². The van der Waals surface area contributed by atoms with E-state index < -0.39 is 5.97 Å². The molecule has 34 heavy (non-hydrogen) atoms. The van der Waals surface area contributed by atoms with Gasteiger partial charge in [0.05, 0.1) is 11.3 Å². The van der Waals surface area contributed by atoms with Crippen molar-refractivity contribution in [2.45, 2.75) is 87.1 Å². The first kappa shape index (κ1) is 23.7. The van der Waals surface area contributed by atoms with E-state index in [-0.39, 0.29) is 35.8 Å². The number of rotatable bonds is 8. The molecule has 0 radical (unpaired) electrons. The van der Waals surface area contributed by atoms with E-state index in [1.54, 1.807) is 12.1 Å². The molecule has 0 heterocycles. The van der Waals surface area contributed by atoms with E-state index in [4.69, 9.17) is 4.74 Å². The van der Waals surface area contributed by atoms with Crippen LogP contribution in [0.25, 0.3) is 0 Å². The second-order valence-corrected chi connectivity index (χ2v) is 12.0. The zero-order valence-corrected chi connectivity index (χ0v) is 20.7. The van der Waals surface area contributed by atoms with E-state index in [0.717, 1.165) is 62.7 Å². The molecule has 5 aliphatic carbocycles. The lowest BCUT2D eigenvalue weighted by molar-refractivity contribution is -0.125. The van der Waals surface area contributed by atoms with Crippen molar-refractivity contribution in [3.8, 4) is 0 Å². The number of hydrogen-bond acceptors (Lipinski definition) is 5. The molecule has 1 aromatic carbocycles. The number of nitrogens with one attached hydrogen (secondary N) is 2. The maximum atomic E-state index is 12.9. The predicted molar refractivity (Wildman–Crippen MR) is 132 cm³/mol. The van der Waals surface area contributed by atoms with Crippen LogP contribution in [0.5, 0.6) is 0 Å². The highest BCUT2D eigenvalue weighted by atomic mass is 32.2. The number of hydrogen-bond donors (Lipinski definition) is 2. The van der Waals surface area contributed by atoms with Gasteiger partial charge < -0.3 is 15.4 Å². The highest BCUT2D eigenvalue weighted by molar-refractivity contribution is 8.00. The Hall–Kier alpha value is -2.02. The molecule has 0 aliphatic heterocycles. The van der Waals surface area contributed by atoms with Gasteiger partial charge in [-0.2, -0.15) is 0 Å². The fraction of sp³-hybridized carbons (Fsp3) is 0.667. The molecule has 1 aromatic rings. The van der Waals surface area contributed by atoms with Crippen molar-refractivity contribution in [1.82, 2.24) is 10.6 Å². The van der Waals surface area contributed by atoms with Crippen LogP contribution in [0.3, 0.4) is 0 Å². The van der Waals surface area contributed by atoms with Crippen LogP contribution >= 0.6 is 11.8 Å². The number of thioether (sulfide) groups is 1. The predicted octanol–water partition coefficient (Wildman–Crippen LogP) is 4.47. The van der Waals surface area contributed by atoms with E-state index in [2.05, 4.69) is 10.6 Å². The zero-order chi connectivity index (χ0) is 23.5. The Kier molecular flexibility index (Phi) is 7.19. The third-order valence-electron chi connectivity index (χ3n) is 8.21. The van der Waals surface area contributed by atoms with E-state index in [1.165, 1.54) is 37.4 Å². The summed E-state index contributed by atoms with van der Waals surface area (Å²) in [6, 6.07) is 7.35. The maximum Gasteiger partial charge on any atom is 0.339 e. The maximum absolute atomic E-state index is 12.9. The van der Waals surface area contributed by atoms with Gasteiger partial charge in [0.15, 0.2) is 6.61 Å². The van der Waals surface area contributed by atoms with E-state index >= 15 is 0 Å². The first-order chi connectivity index (χ1) is 16.5. The first-order valence-electron chi connectivity index (χ1n) is 13.0. The zero-order valence-electron chi connectivity index (χ0n) is 19.9. The molecule has 5 saturated carbocycles. The Labute approximate surface area is 206 Å². The summed E-state index contributed by atoms with van der Waals surface area (Å²) in [5, 5.41) is 6.36. The van der Waals surface area contributed by atoms with Crippen molar-refractivity contribution in [2.24, 2.45) is 17.8 Å². The van der Waals surface area contributed by atoms with Gasteiger partial charge in [0.2, 0.25) is 5.91 Å². The molecule has 0 saturated heterocycles. The van der Waals surface area contributed by atoms with Gasteiger partial charge in [0.25, 0.3) is 5.91 Å². The van der Waals surface area contributed by atoms with Crippen LogP contribution in [0.2, 0.25) is 0 Å². The highest BCUT2D eigenvalue weighted by Gasteiger charge is 2.51. The van der Waals surface area contributed by atoms with E-state index in [1.807, 2.05) is 12.1 Å². The van der Waals surface area contributed by atoms with Crippen LogP contribution in [0, 0.1) is 17.8 Å². The SMILES string of the molecule is O=C(COC(=O)c1ccccc1SCC(=O)NC12CC3CC(CC(C3)C1)C2)NC1CCCCC1. The smallest absolute Gasteiger partial charge is 0.339 e. The topological polar surface area (TPSA) is 84.5 Å². The summed E-state index contributed by atoms with van der Waals surface area (Å²) in [7, 11) is 0. The molecule has 2 amide bonds. The monoisotopic (exact) mass is 484 g/mol. The molecule has 0 unspecified atom stereocenters. The third kappa shape index (κ3) is 5.61. The minimum atomic E-state index is -0.525. The number of esters is 1. The van der Waals surface area contributed by atoms with Crippen LogP contribution in [0.4, 0.5) is 0 Å². The van der Waals surface area contributed by atoms with Crippen molar-refractivity contribution in [2.75, 3.05) is 12.4 Å². The summed E-state index contributed by atoms with van der Waals surface area (Å²) in [6.07, 6.45) is 12.9. The normalized spacial score (nSPS) is 30.1. The molecular weight excluding hydrogens is 448 g/mol. The molecule has 2 N–H and O–H groups in total. The number of carbonyl (C=O) groups excluding carboxylic acids is 3. The quantitative estimate of drug-likeness (QED) is 0.420. The molecule has 5 aliphatic rings. The second kappa shape index (κ2) is 10.3. The average molecular weight is 485 g/mol. The molecule has 7 heteroatoms. The molecular formula is C27H36N2O4S. The minimum Gasteiger partial charge on any atom is -0.452 e. The number of amides is 2. The van der Waals surface area contributed by atoms with Crippen LogP contribution in [-0.4, -0.2) is 41.7 Å². The fourth-order valence-corrected chi connectivity index (χ4v) is 8.07. The van der Waals surface area contributed by atoms with Crippen LogP contribution in [0.15, 0.2) is 29.2 Å². The lowest BCUT2D eigenvalue weighted by Gasteiger charge is -2.56. The fourth-order valence-electron chi connectivity index (χ4n) is 7.23. The molecule has 4 bridgehead atoms. The standard InChI is InChI=1S/C27H36N2O4S/c30-24(28-21-6-2-1-3-7-21)16-33-26(32)22-8-4-5-9-23(22)34-17-25(31)29-27-13-18-10-19(14-27)12-20(11-18)15-27/h4-5,8-9,18-21H,1-3,6-7,10-17H2,(H,28,30)(H,29,31). The van der Waals surface area contributed by atoms with Gasteiger partial charge in [-0.15, -0.1) is 11.8 Å². The lowest BCUT2D eigenvalue weighted by atomic mass is 9.53. The Morgan fingerprint density at radius 1 is 0.912 bits per heavy atom. The number of ether oxygens (including phenoxy) is 1. The molecule has 184 valence electrons. The largest absolute Gasteiger partial charge is 0.452 e. The Morgan fingerprint density at radius 3 is 2.24 bits per heavy atom. The van der Waals surface area contributed by atoms with Crippen molar-refractivity contribution in [1.29, 1.82) is 0 Å². The summed E-state index contributed by atoms with van der Waals surface area (Å²) in [6.45, 7) is -0.277. The van der Waals surface area contributed by atoms with Crippen LogP contribution in [0.1, 0.15) is 81.0 Å². The molecule has 0 spiro atoms. The average Bonchev–Trinajstić information content (AvgIpc) is 2.81. The molecule has 6 nitrogen and oxygen atoms in total. The van der Waals surface area contributed by atoms with Gasteiger partial charge in [-0.3, -0.25) is 9.59 Å². The Bertz CT molecular complexity index is 892. The Balaban J connectivity index is 1.11. The van der Waals surface area contributed by atoms with Crippen molar-refractivity contribution < 1.29 is 19.1 Å². The first-order valence-corrected chi connectivity index (χ1v) is 14.0. The molecule has 0 atom stereocenters. The molecule has 5 fully saturated rings. The molecule has 6 rings (SSSR count). The summed E-state index contributed by atoms with van der Waals surface area (Å²) in [4.78, 5) is 38.5. The van der Waals surface area contributed by atoms with Crippen LogP contribution < -0.4 is 10.6 Å². The van der Waals surface area contributed by atoms with Gasteiger partial charge in [-0.25, -0.2) is 4.79 Å². The van der Waals surface area contributed by atoms with Crippen molar-refractivity contribution in [3.05, 3.63) is 29.8 Å². The summed E-state index contributed by atoms with van der Waals surface area (Å²) >= 11 is 1.36. The van der Waals surface area contributed by atoms with Crippen molar-refractivity contribution in [3.63, 3.8) is 0 Å². The molecule has 0 aromatic heterocycles. The van der Waals surface area contributed by atoms with Gasteiger partial charge in [0.1, 0.15) is 0 Å². The third-order valence-corrected chi connectivity index (χ3v) is 9.29. The van der Waals surface area contributed by atoms with Crippen molar-refractivity contribution >= 4 is 29.5 Å². The minimum absolute atomic E-state index is 0.00344. The Morgan fingerprint density at radius 2 is 1.56 bits per heavy atom. The van der Waals surface area contributed by atoms with E-state index in [0.29, 0.717) is 10.5 Å². The van der Waals surface area contributed by atoms with Gasteiger partial charge in [0, 0.05) is 16.5 Å². The van der Waals surface area contributed by atoms with Gasteiger partial charge in [-0.05, 0) is 81.3 Å². The summed E-state index contributed by atoms with van der Waals surface area (Å²) < 4.78 is 5.31. The highest BCUT2D eigenvalue weighted by Crippen LogP contribution is 2.55. The van der Waals surface area contributed by atoms with Gasteiger partial charge >= 0.3 is 5.97 Å². The summed E-state index contributed by atoms with van der Waals surface area (Å²) in [5.74, 6) is 1.89. The van der Waals surface area contributed by atoms with Gasteiger partial charge in [-0.1, -0.05) is 31.4 Å².